The van der Waals surface area contributed by atoms with E-state index in [-0.39, 0.29) is 30.2 Å². The molecule has 0 radical (unpaired) electrons. The molecule has 1 amide bonds. The Hall–Kier alpha value is -3.15. The number of carbonyl (C=O) groups is 2. The fourth-order valence-electron chi connectivity index (χ4n) is 5.74. The lowest BCUT2D eigenvalue weighted by Crippen LogP contribution is -2.53. The summed E-state index contributed by atoms with van der Waals surface area (Å²) in [4.78, 5) is 33.7. The summed E-state index contributed by atoms with van der Waals surface area (Å²) in [6, 6.07) is 20.1. The lowest BCUT2D eigenvalue weighted by atomic mass is 9.67. The topological polar surface area (TPSA) is 59.5 Å². The molecule has 3 aromatic rings. The highest BCUT2D eigenvalue weighted by atomic mass is 35.5. The average Bonchev–Trinajstić information content (AvgIpc) is 2.92. The van der Waals surface area contributed by atoms with Gasteiger partial charge in [-0.3, -0.25) is 4.79 Å². The number of hydrogen-bond donors (Lipinski definition) is 0. The Morgan fingerprint density at radius 1 is 1.10 bits per heavy atom. The third-order valence-corrected chi connectivity index (χ3v) is 7.99. The van der Waals surface area contributed by atoms with Crippen molar-refractivity contribution in [1.82, 2.24) is 9.88 Å². The van der Waals surface area contributed by atoms with Crippen LogP contribution in [0.1, 0.15) is 85.3 Å². The maximum absolute atomic E-state index is 14.5. The molecule has 0 saturated carbocycles. The molecule has 1 fully saturated rings. The standard InChI is InChI=1S/C32H34Cl2N2O3/c1-5-18-32(4)20-25(22-10-8-11-24(34)19-22)29(21-14-16-23(33)17-15-21)36(31(32)38)28(6-2)26-12-9-13-27(35-26)30(37)39-7-3/h5,8-17,19,25,28-29H,1,6-7,18,20H2,2-4H3/t25-,28?,29-,32+/m1/s1. The van der Waals surface area contributed by atoms with Crippen LogP contribution in [0.15, 0.2) is 79.4 Å². The van der Waals surface area contributed by atoms with E-state index >= 15 is 0 Å². The second-order valence-electron chi connectivity index (χ2n) is 10.2. The van der Waals surface area contributed by atoms with Gasteiger partial charge in [0.25, 0.3) is 0 Å². The summed E-state index contributed by atoms with van der Waals surface area (Å²) in [5.41, 5.74) is 2.20. The predicted molar refractivity (Wildman–Crippen MR) is 156 cm³/mol. The third kappa shape index (κ3) is 6.05. The zero-order valence-corrected chi connectivity index (χ0v) is 24.1. The number of esters is 1. The summed E-state index contributed by atoms with van der Waals surface area (Å²) in [5, 5.41) is 1.27. The van der Waals surface area contributed by atoms with Gasteiger partial charge in [-0.05, 0) is 73.7 Å². The van der Waals surface area contributed by atoms with E-state index in [1.54, 1.807) is 19.1 Å². The van der Waals surface area contributed by atoms with E-state index in [1.165, 1.54) is 0 Å². The van der Waals surface area contributed by atoms with Gasteiger partial charge in [-0.25, -0.2) is 9.78 Å². The number of likely N-dealkylation sites (tertiary alicyclic amines) is 1. The highest BCUT2D eigenvalue weighted by Crippen LogP contribution is 2.54. The van der Waals surface area contributed by atoms with Crippen LogP contribution in [0.3, 0.4) is 0 Å². The summed E-state index contributed by atoms with van der Waals surface area (Å²) >= 11 is 12.7. The van der Waals surface area contributed by atoms with Gasteiger partial charge in [0.15, 0.2) is 0 Å². The maximum atomic E-state index is 14.5. The Labute approximate surface area is 240 Å². The normalized spacial score (nSPS) is 21.9. The van der Waals surface area contributed by atoms with Crippen molar-refractivity contribution < 1.29 is 14.3 Å². The fraction of sp³-hybridized carbons (Fsp3) is 0.344. The SMILES string of the molecule is C=CC[C@@]1(C)C[C@H](c2cccc(Cl)c2)[C@@H](c2ccc(Cl)cc2)N(C(CC)c2cccc(C(=O)OCC)n2)C1=O. The molecule has 0 N–H and O–H groups in total. The molecule has 1 aliphatic rings. The molecule has 1 unspecified atom stereocenters. The second-order valence-corrected chi connectivity index (χ2v) is 11.1. The lowest BCUT2D eigenvalue weighted by Gasteiger charge is -2.52. The molecule has 5 nitrogen and oxygen atoms in total. The van der Waals surface area contributed by atoms with Gasteiger partial charge in [0, 0.05) is 16.0 Å². The first kappa shape index (κ1) is 28.8. The Balaban J connectivity index is 1.93. The summed E-state index contributed by atoms with van der Waals surface area (Å²) < 4.78 is 5.20. The van der Waals surface area contributed by atoms with Gasteiger partial charge in [-0.2, -0.15) is 0 Å². The molecular formula is C32H34Cl2N2O3. The first-order valence-corrected chi connectivity index (χ1v) is 14.1. The van der Waals surface area contributed by atoms with Crippen molar-refractivity contribution in [2.45, 2.75) is 58.0 Å². The lowest BCUT2D eigenvalue weighted by molar-refractivity contribution is -0.155. The van der Waals surface area contributed by atoms with Crippen LogP contribution in [0.4, 0.5) is 0 Å². The second kappa shape index (κ2) is 12.4. The first-order chi connectivity index (χ1) is 18.7. The van der Waals surface area contributed by atoms with Crippen molar-refractivity contribution in [3.63, 3.8) is 0 Å². The van der Waals surface area contributed by atoms with Gasteiger partial charge in [0.1, 0.15) is 5.69 Å². The van der Waals surface area contributed by atoms with E-state index in [1.807, 2.05) is 73.4 Å². The van der Waals surface area contributed by atoms with Crippen LogP contribution in [0.2, 0.25) is 10.0 Å². The Kier molecular flexibility index (Phi) is 9.14. The molecular weight excluding hydrogens is 531 g/mol. The first-order valence-electron chi connectivity index (χ1n) is 13.3. The van der Waals surface area contributed by atoms with Crippen molar-refractivity contribution in [2.24, 2.45) is 5.41 Å². The molecule has 4 atom stereocenters. The summed E-state index contributed by atoms with van der Waals surface area (Å²) in [6.45, 7) is 10.0. The Morgan fingerprint density at radius 2 is 1.82 bits per heavy atom. The highest BCUT2D eigenvalue weighted by Gasteiger charge is 2.51. The molecule has 39 heavy (non-hydrogen) atoms. The number of piperidine rings is 1. The average molecular weight is 566 g/mol. The predicted octanol–water partition coefficient (Wildman–Crippen LogP) is 8.36. The number of aromatic nitrogens is 1. The molecule has 0 spiro atoms. The van der Waals surface area contributed by atoms with Crippen molar-refractivity contribution in [3.05, 3.63) is 112 Å². The number of pyridine rings is 1. The van der Waals surface area contributed by atoms with Crippen molar-refractivity contribution in [3.8, 4) is 0 Å². The number of hydrogen-bond acceptors (Lipinski definition) is 4. The number of halogens is 2. The number of ether oxygens (including phenoxy) is 1. The van der Waals surface area contributed by atoms with E-state index in [2.05, 4.69) is 17.6 Å². The van der Waals surface area contributed by atoms with Crippen LogP contribution in [0.5, 0.6) is 0 Å². The number of allylic oxidation sites excluding steroid dienone is 1. The molecule has 7 heteroatoms. The van der Waals surface area contributed by atoms with Gasteiger partial charge < -0.3 is 9.64 Å². The highest BCUT2D eigenvalue weighted by molar-refractivity contribution is 6.30. The van der Waals surface area contributed by atoms with Gasteiger partial charge in [-0.15, -0.1) is 6.58 Å². The number of amides is 1. The van der Waals surface area contributed by atoms with Crippen molar-refractivity contribution in [1.29, 1.82) is 0 Å². The minimum absolute atomic E-state index is 0.0239. The quantitative estimate of drug-likeness (QED) is 0.193. The Bertz CT molecular complexity index is 1340. The number of benzene rings is 2. The summed E-state index contributed by atoms with van der Waals surface area (Å²) in [6.07, 6.45) is 3.56. The van der Waals surface area contributed by atoms with E-state index in [0.717, 1.165) is 11.1 Å². The molecule has 0 bridgehead atoms. The molecule has 204 valence electrons. The summed E-state index contributed by atoms with van der Waals surface area (Å²) in [7, 11) is 0. The van der Waals surface area contributed by atoms with Crippen LogP contribution >= 0.6 is 23.2 Å². The molecule has 2 aromatic carbocycles. The molecule has 4 rings (SSSR count). The van der Waals surface area contributed by atoms with Crippen LogP contribution in [0.25, 0.3) is 0 Å². The molecule has 1 aromatic heterocycles. The monoisotopic (exact) mass is 564 g/mol. The van der Waals surface area contributed by atoms with Gasteiger partial charge in [0.05, 0.1) is 29.8 Å². The van der Waals surface area contributed by atoms with Crippen molar-refractivity contribution in [2.75, 3.05) is 6.61 Å². The van der Waals surface area contributed by atoms with Crippen LogP contribution < -0.4 is 0 Å². The van der Waals surface area contributed by atoms with Gasteiger partial charge in [-0.1, -0.05) is 73.5 Å². The van der Waals surface area contributed by atoms with E-state index in [4.69, 9.17) is 27.9 Å². The molecule has 2 heterocycles. The Morgan fingerprint density at radius 3 is 2.46 bits per heavy atom. The van der Waals surface area contributed by atoms with E-state index < -0.39 is 17.4 Å². The molecule has 1 saturated heterocycles. The van der Waals surface area contributed by atoms with Gasteiger partial charge >= 0.3 is 5.97 Å². The number of nitrogens with zero attached hydrogens (tertiary/aromatic N) is 2. The molecule has 0 aliphatic carbocycles. The third-order valence-electron chi connectivity index (χ3n) is 7.50. The maximum Gasteiger partial charge on any atom is 0.356 e. The fourth-order valence-corrected chi connectivity index (χ4v) is 6.06. The van der Waals surface area contributed by atoms with E-state index in [0.29, 0.717) is 35.0 Å². The minimum atomic E-state index is -0.691. The van der Waals surface area contributed by atoms with Gasteiger partial charge in [0.2, 0.25) is 5.91 Å². The minimum Gasteiger partial charge on any atom is -0.461 e. The zero-order chi connectivity index (χ0) is 28.2. The van der Waals surface area contributed by atoms with E-state index in [9.17, 15) is 9.59 Å². The van der Waals surface area contributed by atoms with Crippen molar-refractivity contribution >= 4 is 35.1 Å². The van der Waals surface area contributed by atoms with Crippen LogP contribution in [-0.2, 0) is 9.53 Å². The summed E-state index contributed by atoms with van der Waals surface area (Å²) in [5.74, 6) is -0.521. The smallest absolute Gasteiger partial charge is 0.356 e. The van der Waals surface area contributed by atoms with Crippen LogP contribution in [-0.4, -0.2) is 28.4 Å². The zero-order valence-electron chi connectivity index (χ0n) is 22.6. The molecule has 1 aliphatic heterocycles. The largest absolute Gasteiger partial charge is 0.461 e. The van der Waals surface area contributed by atoms with Crippen LogP contribution in [0, 0.1) is 5.41 Å². The number of carbonyl (C=O) groups excluding carboxylic acids is 2. The number of rotatable bonds is 9.